The molecule has 0 radical (unpaired) electrons. The summed E-state index contributed by atoms with van der Waals surface area (Å²) in [6, 6.07) is 4.83. The molecule has 0 aliphatic carbocycles. The Labute approximate surface area is 173 Å². The third kappa shape index (κ3) is 4.30. The molecule has 158 valence electrons. The molecule has 7 nitrogen and oxygen atoms in total. The monoisotopic (exact) mass is 437 g/mol. The maximum absolute atomic E-state index is 12.9. The van der Waals surface area contributed by atoms with E-state index in [1.165, 1.54) is 12.1 Å². The first-order chi connectivity index (χ1) is 14.3. The molecule has 0 saturated carbocycles. The molecule has 3 heterocycles. The van der Waals surface area contributed by atoms with Gasteiger partial charge < -0.3 is 5.32 Å². The summed E-state index contributed by atoms with van der Waals surface area (Å²) >= 11 is 1.09. The Morgan fingerprint density at radius 1 is 1.23 bits per heavy atom. The molecule has 0 saturated heterocycles. The molecule has 0 unspecified atom stereocenters. The maximum Gasteiger partial charge on any atom is 0.416 e. The second kappa shape index (κ2) is 8.05. The molecule has 1 N–H and O–H groups in total. The molecular weight excluding hydrogens is 419 g/mol. The number of benzene rings is 1. The van der Waals surface area contributed by atoms with Gasteiger partial charge in [-0.3, -0.25) is 9.36 Å². The third-order valence-electron chi connectivity index (χ3n) is 4.81. The number of fused-ring (bicyclic) bond motifs is 1. The highest BCUT2D eigenvalue weighted by Gasteiger charge is 2.30. The molecule has 30 heavy (non-hydrogen) atoms. The second-order valence-electron chi connectivity index (χ2n) is 6.98. The first kappa shape index (κ1) is 20.3. The lowest BCUT2D eigenvalue weighted by molar-refractivity contribution is -0.137. The smallest absolute Gasteiger partial charge is 0.300 e. The summed E-state index contributed by atoms with van der Waals surface area (Å²) in [6.07, 6.45) is -0.834. The van der Waals surface area contributed by atoms with Crippen molar-refractivity contribution in [2.45, 2.75) is 44.9 Å². The van der Waals surface area contributed by atoms with Gasteiger partial charge in [-0.15, -0.1) is 11.3 Å². The van der Waals surface area contributed by atoms with E-state index in [4.69, 9.17) is 0 Å². The molecule has 1 aliphatic rings. The van der Waals surface area contributed by atoms with Crippen LogP contribution in [0.3, 0.4) is 0 Å². The minimum atomic E-state index is -4.45. The number of nitrogens with one attached hydrogen (secondary N) is 1. The van der Waals surface area contributed by atoms with Crippen molar-refractivity contribution in [1.82, 2.24) is 19.3 Å². The number of aryl methyl sites for hydroxylation is 1. The van der Waals surface area contributed by atoms with Gasteiger partial charge in [-0.05, 0) is 25.0 Å². The number of carbonyl (C=O) groups excluding carboxylic acids is 1. The predicted molar refractivity (Wildman–Crippen MR) is 105 cm³/mol. The highest BCUT2D eigenvalue weighted by Crippen LogP contribution is 2.33. The molecule has 4 rings (SSSR count). The number of carbonyl (C=O) groups is 1. The normalized spacial score (nSPS) is 14.2. The van der Waals surface area contributed by atoms with Gasteiger partial charge in [0, 0.05) is 23.9 Å². The average Bonchev–Trinajstić information content (AvgIpc) is 3.18. The minimum absolute atomic E-state index is 0.237. The van der Waals surface area contributed by atoms with Gasteiger partial charge in [0.2, 0.25) is 5.91 Å². The minimum Gasteiger partial charge on any atom is -0.300 e. The molecule has 1 aromatic carbocycles. The number of thiazole rings is 1. The van der Waals surface area contributed by atoms with Crippen molar-refractivity contribution in [2.24, 2.45) is 0 Å². The predicted octanol–water partition coefficient (Wildman–Crippen LogP) is 3.55. The fraction of sp³-hybridized carbons (Fsp3) is 0.368. The average molecular weight is 437 g/mol. The maximum atomic E-state index is 12.9. The third-order valence-corrected chi connectivity index (χ3v) is 5.57. The highest BCUT2D eigenvalue weighted by atomic mass is 32.1. The van der Waals surface area contributed by atoms with Gasteiger partial charge in [0.05, 0.1) is 11.3 Å². The van der Waals surface area contributed by atoms with Crippen molar-refractivity contribution in [1.29, 1.82) is 0 Å². The van der Waals surface area contributed by atoms with Gasteiger partial charge in [0.25, 0.3) is 0 Å². The van der Waals surface area contributed by atoms with Crippen LogP contribution in [0.1, 0.15) is 30.7 Å². The zero-order valence-electron chi connectivity index (χ0n) is 15.8. The van der Waals surface area contributed by atoms with Crippen LogP contribution in [0.25, 0.3) is 11.3 Å². The summed E-state index contributed by atoms with van der Waals surface area (Å²) in [5.41, 5.74) is -0.453. The van der Waals surface area contributed by atoms with Crippen molar-refractivity contribution in [3.05, 3.63) is 51.5 Å². The molecule has 0 fully saturated rings. The number of alkyl halides is 3. The van der Waals surface area contributed by atoms with Gasteiger partial charge in [-0.2, -0.15) is 18.3 Å². The summed E-state index contributed by atoms with van der Waals surface area (Å²) in [7, 11) is 0. The Kier molecular flexibility index (Phi) is 5.46. The second-order valence-corrected chi connectivity index (χ2v) is 7.84. The van der Waals surface area contributed by atoms with Gasteiger partial charge >= 0.3 is 11.9 Å². The summed E-state index contributed by atoms with van der Waals surface area (Å²) < 4.78 is 41.4. The molecule has 0 spiro atoms. The molecule has 1 aliphatic heterocycles. The Bertz CT molecular complexity index is 1130. The quantitative estimate of drug-likeness (QED) is 0.677. The lowest BCUT2D eigenvalue weighted by Gasteiger charge is -2.07. The standard InChI is InChI=1S/C19H18F3N5O2S/c20-19(21,22)13-6-4-5-12(9-13)14-11-30-17(23-14)24-16(28)10-27-18(29)26-8-3-1-2-7-15(26)25-27/h4-6,9,11H,1-3,7-8,10H2,(H,23,24,28). The molecule has 0 atom stereocenters. The van der Waals surface area contributed by atoms with Crippen molar-refractivity contribution in [2.75, 3.05) is 5.32 Å². The first-order valence-corrected chi connectivity index (χ1v) is 10.3. The summed E-state index contributed by atoms with van der Waals surface area (Å²) in [4.78, 5) is 29.0. The summed E-state index contributed by atoms with van der Waals surface area (Å²) in [5, 5.41) is 8.65. The van der Waals surface area contributed by atoms with Gasteiger partial charge in [-0.25, -0.2) is 14.5 Å². The van der Waals surface area contributed by atoms with Crippen LogP contribution >= 0.6 is 11.3 Å². The van der Waals surface area contributed by atoms with Gasteiger partial charge in [-0.1, -0.05) is 18.6 Å². The first-order valence-electron chi connectivity index (χ1n) is 9.41. The van der Waals surface area contributed by atoms with E-state index in [2.05, 4.69) is 15.4 Å². The topological polar surface area (TPSA) is 81.8 Å². The Morgan fingerprint density at radius 2 is 2.07 bits per heavy atom. The van der Waals surface area contributed by atoms with Crippen LogP contribution in [-0.4, -0.2) is 25.2 Å². The molecule has 0 bridgehead atoms. The number of nitrogens with zero attached hydrogens (tertiary/aromatic N) is 4. The van der Waals surface area contributed by atoms with Crippen LogP contribution in [-0.2, 0) is 30.5 Å². The van der Waals surface area contributed by atoms with Crippen LogP contribution in [0.2, 0.25) is 0 Å². The van der Waals surface area contributed by atoms with E-state index in [0.717, 1.165) is 47.4 Å². The van der Waals surface area contributed by atoms with Crippen molar-refractivity contribution in [3.63, 3.8) is 0 Å². The molecule has 1 amide bonds. The SMILES string of the molecule is O=C(Cn1nc2n(c1=O)CCCCC2)Nc1nc(-c2cccc(C(F)(F)F)c2)cs1. The van der Waals surface area contributed by atoms with Crippen molar-refractivity contribution in [3.8, 4) is 11.3 Å². The van der Waals surface area contributed by atoms with Crippen LogP contribution in [0.4, 0.5) is 18.3 Å². The number of amides is 1. The van der Waals surface area contributed by atoms with Crippen LogP contribution in [0, 0.1) is 0 Å². The Hall–Kier alpha value is -2.95. The lowest BCUT2D eigenvalue weighted by Crippen LogP contribution is -2.30. The Morgan fingerprint density at radius 3 is 2.87 bits per heavy atom. The van der Waals surface area contributed by atoms with Gasteiger partial charge in [0.15, 0.2) is 5.13 Å². The summed E-state index contributed by atoms with van der Waals surface area (Å²) in [5.74, 6) is 0.210. The summed E-state index contributed by atoms with van der Waals surface area (Å²) in [6.45, 7) is 0.347. The Balaban J connectivity index is 1.46. The molecule has 11 heteroatoms. The fourth-order valence-electron chi connectivity index (χ4n) is 3.34. The number of rotatable bonds is 4. The number of aromatic nitrogens is 4. The van der Waals surface area contributed by atoms with E-state index in [9.17, 15) is 22.8 Å². The van der Waals surface area contributed by atoms with E-state index in [1.54, 1.807) is 9.95 Å². The van der Waals surface area contributed by atoms with Crippen LogP contribution < -0.4 is 11.0 Å². The molecule has 3 aromatic rings. The number of hydrogen-bond donors (Lipinski definition) is 1. The van der Waals surface area contributed by atoms with Crippen LogP contribution in [0.15, 0.2) is 34.4 Å². The number of anilines is 1. The number of hydrogen-bond acceptors (Lipinski definition) is 5. The van der Waals surface area contributed by atoms with Crippen molar-refractivity contribution < 1.29 is 18.0 Å². The molecular formula is C19H18F3N5O2S. The highest BCUT2D eigenvalue weighted by molar-refractivity contribution is 7.14. The number of halogens is 3. The van der Waals surface area contributed by atoms with E-state index in [0.29, 0.717) is 30.0 Å². The van der Waals surface area contributed by atoms with Gasteiger partial charge in [0.1, 0.15) is 12.4 Å². The zero-order valence-corrected chi connectivity index (χ0v) is 16.6. The van der Waals surface area contributed by atoms with Crippen LogP contribution in [0.5, 0.6) is 0 Å². The van der Waals surface area contributed by atoms with E-state index < -0.39 is 17.6 Å². The van der Waals surface area contributed by atoms with E-state index in [1.807, 2.05) is 0 Å². The lowest BCUT2D eigenvalue weighted by atomic mass is 10.1. The van der Waals surface area contributed by atoms with Crippen molar-refractivity contribution >= 4 is 22.4 Å². The van der Waals surface area contributed by atoms with E-state index >= 15 is 0 Å². The molecule has 2 aromatic heterocycles. The largest absolute Gasteiger partial charge is 0.416 e. The van der Waals surface area contributed by atoms with E-state index in [-0.39, 0.29) is 17.4 Å². The fourth-order valence-corrected chi connectivity index (χ4v) is 4.08. The zero-order chi connectivity index (χ0) is 21.3.